The van der Waals surface area contributed by atoms with Crippen LogP contribution < -0.4 is 0 Å². The van der Waals surface area contributed by atoms with Crippen molar-refractivity contribution in [1.82, 2.24) is 9.55 Å². The van der Waals surface area contributed by atoms with Crippen molar-refractivity contribution in [3.63, 3.8) is 0 Å². The summed E-state index contributed by atoms with van der Waals surface area (Å²) in [4.78, 5) is 4.17. The first kappa shape index (κ1) is 10.9. The highest BCUT2D eigenvalue weighted by Gasteiger charge is 2.18. The zero-order valence-corrected chi connectivity index (χ0v) is 9.54. The van der Waals surface area contributed by atoms with Crippen molar-refractivity contribution >= 4 is 0 Å². The van der Waals surface area contributed by atoms with Gasteiger partial charge in [0, 0.05) is 12.4 Å². The number of rotatable bonds is 3. The summed E-state index contributed by atoms with van der Waals surface area (Å²) in [5, 5.41) is 10.2. The molecule has 0 aliphatic carbocycles. The Labute approximate surface area is 95.4 Å². The average molecular weight is 216 g/mol. The molecule has 1 heterocycles. The van der Waals surface area contributed by atoms with Gasteiger partial charge in [0.05, 0.1) is 12.1 Å². The molecule has 0 fully saturated rings. The Balaban J connectivity index is 2.23. The monoisotopic (exact) mass is 216 g/mol. The molecule has 0 radical (unpaired) electrons. The van der Waals surface area contributed by atoms with Crippen LogP contribution in [0.1, 0.15) is 30.5 Å². The second-order valence-electron chi connectivity index (χ2n) is 3.98. The SMILES string of the molecule is Cc1nccn1C(C)C(O)c1ccccc1. The molecule has 1 N–H and O–H groups in total. The fourth-order valence-electron chi connectivity index (χ4n) is 1.90. The number of hydrogen-bond donors (Lipinski definition) is 1. The van der Waals surface area contributed by atoms with E-state index in [0.29, 0.717) is 0 Å². The van der Waals surface area contributed by atoms with E-state index in [1.165, 1.54) is 0 Å². The molecule has 0 aliphatic heterocycles. The van der Waals surface area contributed by atoms with Crippen LogP contribution in [0.5, 0.6) is 0 Å². The van der Waals surface area contributed by atoms with Crippen molar-refractivity contribution in [3.05, 3.63) is 54.1 Å². The Morgan fingerprint density at radius 2 is 1.94 bits per heavy atom. The van der Waals surface area contributed by atoms with Crippen molar-refractivity contribution < 1.29 is 5.11 Å². The molecule has 0 saturated carbocycles. The molecule has 3 nitrogen and oxygen atoms in total. The summed E-state index contributed by atoms with van der Waals surface area (Å²) in [6.45, 7) is 3.93. The minimum absolute atomic E-state index is 0.00935. The quantitative estimate of drug-likeness (QED) is 0.856. The Morgan fingerprint density at radius 1 is 1.25 bits per heavy atom. The third-order valence-corrected chi connectivity index (χ3v) is 2.90. The van der Waals surface area contributed by atoms with Crippen molar-refractivity contribution in [2.45, 2.75) is 26.0 Å². The van der Waals surface area contributed by atoms with Gasteiger partial charge in [-0.05, 0) is 19.4 Å². The first-order chi connectivity index (χ1) is 7.70. The molecule has 84 valence electrons. The van der Waals surface area contributed by atoms with Crippen LogP contribution in [0.2, 0.25) is 0 Å². The number of aliphatic hydroxyl groups is 1. The summed E-state index contributed by atoms with van der Waals surface area (Å²) in [6.07, 6.45) is 3.14. The molecule has 0 aliphatic rings. The topological polar surface area (TPSA) is 38.0 Å². The molecule has 2 atom stereocenters. The normalized spacial score (nSPS) is 14.7. The smallest absolute Gasteiger partial charge is 0.105 e. The van der Waals surface area contributed by atoms with E-state index in [1.54, 1.807) is 6.20 Å². The fraction of sp³-hybridized carbons (Fsp3) is 0.308. The zero-order chi connectivity index (χ0) is 11.5. The van der Waals surface area contributed by atoms with Crippen LogP contribution in [-0.4, -0.2) is 14.7 Å². The van der Waals surface area contributed by atoms with E-state index in [9.17, 15) is 5.11 Å². The van der Waals surface area contributed by atoms with Crippen LogP contribution in [0.4, 0.5) is 0 Å². The third kappa shape index (κ3) is 1.99. The van der Waals surface area contributed by atoms with Crippen molar-refractivity contribution in [3.8, 4) is 0 Å². The van der Waals surface area contributed by atoms with E-state index in [2.05, 4.69) is 4.98 Å². The minimum Gasteiger partial charge on any atom is -0.386 e. The summed E-state index contributed by atoms with van der Waals surface area (Å²) in [7, 11) is 0. The molecular weight excluding hydrogens is 200 g/mol. The van der Waals surface area contributed by atoms with Gasteiger partial charge in [0.15, 0.2) is 0 Å². The molecule has 0 amide bonds. The van der Waals surface area contributed by atoms with E-state index in [0.717, 1.165) is 11.4 Å². The highest BCUT2D eigenvalue weighted by Crippen LogP contribution is 2.26. The number of nitrogens with zero attached hydrogens (tertiary/aromatic N) is 2. The molecule has 0 spiro atoms. The van der Waals surface area contributed by atoms with Gasteiger partial charge >= 0.3 is 0 Å². The number of aromatic nitrogens is 2. The molecule has 16 heavy (non-hydrogen) atoms. The van der Waals surface area contributed by atoms with Gasteiger partial charge < -0.3 is 9.67 Å². The molecular formula is C13H16N2O. The van der Waals surface area contributed by atoms with Gasteiger partial charge in [0.1, 0.15) is 5.82 Å². The first-order valence-corrected chi connectivity index (χ1v) is 5.42. The van der Waals surface area contributed by atoms with Crippen molar-refractivity contribution in [1.29, 1.82) is 0 Å². The van der Waals surface area contributed by atoms with Crippen molar-refractivity contribution in [2.75, 3.05) is 0 Å². The molecule has 3 heteroatoms. The Morgan fingerprint density at radius 3 is 2.50 bits per heavy atom. The number of aryl methyl sites for hydroxylation is 1. The lowest BCUT2D eigenvalue weighted by Gasteiger charge is -2.21. The molecule has 0 bridgehead atoms. The van der Waals surface area contributed by atoms with Crippen molar-refractivity contribution in [2.24, 2.45) is 0 Å². The second-order valence-corrected chi connectivity index (χ2v) is 3.98. The van der Waals surface area contributed by atoms with Crippen LogP contribution in [0.25, 0.3) is 0 Å². The summed E-state index contributed by atoms with van der Waals surface area (Å²) in [6, 6.07) is 9.69. The van der Waals surface area contributed by atoms with E-state index >= 15 is 0 Å². The van der Waals surface area contributed by atoms with E-state index in [4.69, 9.17) is 0 Å². The molecule has 0 saturated heterocycles. The standard InChI is InChI=1S/C13H16N2O/c1-10(15-9-8-14-11(15)2)13(16)12-6-4-3-5-7-12/h3-10,13,16H,1-2H3. The maximum Gasteiger partial charge on any atom is 0.105 e. The van der Waals surface area contributed by atoms with Crippen LogP contribution in [0.3, 0.4) is 0 Å². The summed E-state index contributed by atoms with van der Waals surface area (Å²) >= 11 is 0. The average Bonchev–Trinajstić information content (AvgIpc) is 2.75. The van der Waals surface area contributed by atoms with Gasteiger partial charge in [-0.2, -0.15) is 0 Å². The molecule has 1 aromatic carbocycles. The Kier molecular flexibility index (Phi) is 3.06. The predicted molar refractivity (Wildman–Crippen MR) is 63.1 cm³/mol. The summed E-state index contributed by atoms with van der Waals surface area (Å²) < 4.78 is 1.98. The molecule has 1 aromatic heterocycles. The maximum absolute atomic E-state index is 10.2. The van der Waals surface area contributed by atoms with Gasteiger partial charge in [-0.3, -0.25) is 0 Å². The lowest BCUT2D eigenvalue weighted by Crippen LogP contribution is -2.15. The fourth-order valence-corrected chi connectivity index (χ4v) is 1.90. The number of hydrogen-bond acceptors (Lipinski definition) is 2. The summed E-state index contributed by atoms with van der Waals surface area (Å²) in [5.74, 6) is 0.919. The maximum atomic E-state index is 10.2. The van der Waals surface area contributed by atoms with E-state index < -0.39 is 6.10 Å². The van der Waals surface area contributed by atoms with E-state index in [1.807, 2.05) is 54.9 Å². The molecule has 2 aromatic rings. The minimum atomic E-state index is -0.505. The number of aliphatic hydroxyl groups excluding tert-OH is 1. The number of benzene rings is 1. The van der Waals surface area contributed by atoms with Gasteiger partial charge in [0.2, 0.25) is 0 Å². The van der Waals surface area contributed by atoms with Gasteiger partial charge in [-0.1, -0.05) is 30.3 Å². The third-order valence-electron chi connectivity index (χ3n) is 2.90. The van der Waals surface area contributed by atoms with Crippen LogP contribution in [0.15, 0.2) is 42.7 Å². The second kappa shape index (κ2) is 4.49. The van der Waals surface area contributed by atoms with Crippen LogP contribution in [-0.2, 0) is 0 Å². The molecule has 2 rings (SSSR count). The van der Waals surface area contributed by atoms with Crippen LogP contribution >= 0.6 is 0 Å². The largest absolute Gasteiger partial charge is 0.386 e. The highest BCUT2D eigenvalue weighted by atomic mass is 16.3. The number of imidazole rings is 1. The lowest BCUT2D eigenvalue weighted by molar-refractivity contribution is 0.121. The van der Waals surface area contributed by atoms with Gasteiger partial charge in [-0.25, -0.2) is 4.98 Å². The van der Waals surface area contributed by atoms with Crippen LogP contribution in [0, 0.1) is 6.92 Å². The van der Waals surface area contributed by atoms with Gasteiger partial charge in [0.25, 0.3) is 0 Å². The Hall–Kier alpha value is -1.61. The summed E-state index contributed by atoms with van der Waals surface area (Å²) in [5.41, 5.74) is 0.933. The molecule has 2 unspecified atom stereocenters. The highest BCUT2D eigenvalue weighted by molar-refractivity contribution is 5.18. The van der Waals surface area contributed by atoms with Gasteiger partial charge in [-0.15, -0.1) is 0 Å². The van der Waals surface area contributed by atoms with E-state index in [-0.39, 0.29) is 6.04 Å². The first-order valence-electron chi connectivity index (χ1n) is 5.42. The predicted octanol–water partition coefficient (Wildman–Crippen LogP) is 2.49. The zero-order valence-electron chi connectivity index (χ0n) is 9.54. The lowest BCUT2D eigenvalue weighted by atomic mass is 10.0. The Bertz CT molecular complexity index is 450.